The number of fused-ring (bicyclic) bond motifs is 1. The first-order valence-corrected chi connectivity index (χ1v) is 10.2. The highest BCUT2D eigenvalue weighted by Gasteiger charge is 2.15. The monoisotopic (exact) mass is 399 g/mol. The number of aryl methyl sites for hydroxylation is 2. The molecule has 0 saturated heterocycles. The number of hydrogen-bond acceptors (Lipinski definition) is 3. The zero-order valence-electron chi connectivity index (χ0n) is 17.3. The van der Waals surface area contributed by atoms with Gasteiger partial charge in [-0.25, -0.2) is 4.98 Å². The van der Waals surface area contributed by atoms with Crippen molar-refractivity contribution in [2.24, 2.45) is 0 Å². The van der Waals surface area contributed by atoms with E-state index in [0.717, 1.165) is 45.8 Å². The standard InChI is InChI=1S/C25H25N3O2/c1-3-19-10-4-5-12-21(19)27-25(29)16-28-23-14-7-6-13-22(23)26-24(28)17-30-20-11-8-9-18(2)15-20/h4-15H,3,16-17H2,1-2H3,(H,27,29). The van der Waals surface area contributed by atoms with E-state index in [1.807, 2.05) is 84.3 Å². The lowest BCUT2D eigenvalue weighted by Gasteiger charge is -2.13. The molecule has 0 radical (unpaired) electrons. The fourth-order valence-corrected chi connectivity index (χ4v) is 3.55. The average Bonchev–Trinajstić information content (AvgIpc) is 3.10. The van der Waals surface area contributed by atoms with Crippen LogP contribution in [0.5, 0.6) is 5.75 Å². The van der Waals surface area contributed by atoms with E-state index in [0.29, 0.717) is 0 Å². The van der Waals surface area contributed by atoms with Crippen LogP contribution in [0.25, 0.3) is 11.0 Å². The number of hydrogen-bond donors (Lipinski definition) is 1. The first-order chi connectivity index (χ1) is 14.6. The lowest BCUT2D eigenvalue weighted by Crippen LogP contribution is -2.21. The van der Waals surface area contributed by atoms with E-state index in [-0.39, 0.29) is 19.1 Å². The van der Waals surface area contributed by atoms with E-state index in [4.69, 9.17) is 9.72 Å². The first-order valence-electron chi connectivity index (χ1n) is 10.2. The second kappa shape index (κ2) is 8.82. The number of anilines is 1. The molecule has 0 saturated carbocycles. The highest BCUT2D eigenvalue weighted by atomic mass is 16.5. The largest absolute Gasteiger partial charge is 0.486 e. The topological polar surface area (TPSA) is 56.2 Å². The molecule has 0 atom stereocenters. The van der Waals surface area contributed by atoms with Crippen LogP contribution in [0.1, 0.15) is 23.9 Å². The zero-order chi connectivity index (χ0) is 20.9. The summed E-state index contributed by atoms with van der Waals surface area (Å²) in [7, 11) is 0. The minimum atomic E-state index is -0.0872. The number of para-hydroxylation sites is 3. The summed E-state index contributed by atoms with van der Waals surface area (Å²) in [6.45, 7) is 4.57. The maximum atomic E-state index is 12.9. The van der Waals surface area contributed by atoms with Gasteiger partial charge in [-0.2, -0.15) is 0 Å². The Hall–Kier alpha value is -3.60. The van der Waals surface area contributed by atoms with Crippen LogP contribution in [-0.2, 0) is 24.4 Å². The number of amides is 1. The Balaban J connectivity index is 1.57. The van der Waals surface area contributed by atoms with Crippen molar-refractivity contribution in [2.75, 3.05) is 5.32 Å². The zero-order valence-corrected chi connectivity index (χ0v) is 17.3. The minimum absolute atomic E-state index is 0.0872. The molecule has 5 nitrogen and oxygen atoms in total. The Morgan fingerprint density at radius 1 is 1.03 bits per heavy atom. The Morgan fingerprint density at radius 3 is 2.67 bits per heavy atom. The number of aromatic nitrogens is 2. The summed E-state index contributed by atoms with van der Waals surface area (Å²) < 4.78 is 7.89. The molecule has 5 heteroatoms. The Kier molecular flexibility index (Phi) is 5.80. The smallest absolute Gasteiger partial charge is 0.244 e. The maximum absolute atomic E-state index is 12.9. The van der Waals surface area contributed by atoms with E-state index < -0.39 is 0 Å². The lowest BCUT2D eigenvalue weighted by molar-refractivity contribution is -0.116. The van der Waals surface area contributed by atoms with Gasteiger partial charge in [0.25, 0.3) is 0 Å². The SMILES string of the molecule is CCc1ccccc1NC(=O)Cn1c(COc2cccc(C)c2)nc2ccccc21. The quantitative estimate of drug-likeness (QED) is 0.469. The summed E-state index contributed by atoms with van der Waals surface area (Å²) in [6, 6.07) is 23.6. The van der Waals surface area contributed by atoms with Crippen molar-refractivity contribution in [1.82, 2.24) is 9.55 Å². The third-order valence-electron chi connectivity index (χ3n) is 5.07. The fourth-order valence-electron chi connectivity index (χ4n) is 3.55. The van der Waals surface area contributed by atoms with Crippen molar-refractivity contribution in [2.45, 2.75) is 33.4 Å². The third-order valence-corrected chi connectivity index (χ3v) is 5.07. The molecule has 30 heavy (non-hydrogen) atoms. The summed E-state index contributed by atoms with van der Waals surface area (Å²) in [5, 5.41) is 3.04. The van der Waals surface area contributed by atoms with Crippen LogP contribution in [0.4, 0.5) is 5.69 Å². The summed E-state index contributed by atoms with van der Waals surface area (Å²) in [4.78, 5) is 17.6. The molecular weight excluding hydrogens is 374 g/mol. The van der Waals surface area contributed by atoms with Gasteiger partial charge in [-0.3, -0.25) is 4.79 Å². The normalized spacial score (nSPS) is 10.9. The summed E-state index contributed by atoms with van der Waals surface area (Å²) >= 11 is 0. The van der Waals surface area contributed by atoms with Gasteiger partial charge < -0.3 is 14.6 Å². The number of carbonyl (C=O) groups is 1. The number of imidazole rings is 1. The van der Waals surface area contributed by atoms with Crippen molar-refractivity contribution in [3.05, 3.63) is 89.7 Å². The molecule has 4 aromatic rings. The van der Waals surface area contributed by atoms with Crippen LogP contribution in [0.3, 0.4) is 0 Å². The summed E-state index contributed by atoms with van der Waals surface area (Å²) in [6.07, 6.45) is 0.861. The minimum Gasteiger partial charge on any atom is -0.486 e. The predicted molar refractivity (Wildman–Crippen MR) is 120 cm³/mol. The van der Waals surface area contributed by atoms with Gasteiger partial charge in [0.1, 0.15) is 24.7 Å². The second-order valence-corrected chi connectivity index (χ2v) is 7.27. The molecule has 1 aromatic heterocycles. The molecular formula is C25H25N3O2. The van der Waals surface area contributed by atoms with Gasteiger partial charge >= 0.3 is 0 Å². The second-order valence-electron chi connectivity index (χ2n) is 7.27. The van der Waals surface area contributed by atoms with Gasteiger partial charge in [0, 0.05) is 5.69 Å². The lowest BCUT2D eigenvalue weighted by atomic mass is 10.1. The van der Waals surface area contributed by atoms with Crippen molar-refractivity contribution >= 4 is 22.6 Å². The molecule has 1 amide bonds. The van der Waals surface area contributed by atoms with Crippen LogP contribution < -0.4 is 10.1 Å². The first kappa shape index (κ1) is 19.7. The van der Waals surface area contributed by atoms with E-state index in [2.05, 4.69) is 12.2 Å². The molecule has 3 aromatic carbocycles. The van der Waals surface area contributed by atoms with Crippen molar-refractivity contribution < 1.29 is 9.53 Å². The molecule has 1 heterocycles. The Bertz CT molecular complexity index is 1180. The van der Waals surface area contributed by atoms with Crippen LogP contribution in [0, 0.1) is 6.92 Å². The van der Waals surface area contributed by atoms with Crippen molar-refractivity contribution in [3.8, 4) is 5.75 Å². The number of ether oxygens (including phenoxy) is 1. The number of rotatable bonds is 7. The highest BCUT2D eigenvalue weighted by Crippen LogP contribution is 2.20. The summed E-state index contributed by atoms with van der Waals surface area (Å²) in [5.41, 5.74) is 4.87. The van der Waals surface area contributed by atoms with Crippen LogP contribution >= 0.6 is 0 Å². The van der Waals surface area contributed by atoms with E-state index in [1.54, 1.807) is 0 Å². The average molecular weight is 399 g/mol. The highest BCUT2D eigenvalue weighted by molar-refractivity contribution is 5.92. The molecule has 0 aliphatic rings. The van der Waals surface area contributed by atoms with Crippen LogP contribution in [0.15, 0.2) is 72.8 Å². The van der Waals surface area contributed by atoms with Crippen LogP contribution in [-0.4, -0.2) is 15.5 Å². The Labute approximate surface area is 176 Å². The van der Waals surface area contributed by atoms with Gasteiger partial charge in [-0.05, 0) is 54.8 Å². The van der Waals surface area contributed by atoms with Gasteiger partial charge in [0.2, 0.25) is 5.91 Å². The molecule has 1 N–H and O–H groups in total. The molecule has 0 unspecified atom stereocenters. The molecule has 0 aliphatic carbocycles. The molecule has 0 aliphatic heterocycles. The van der Waals surface area contributed by atoms with E-state index in [9.17, 15) is 4.79 Å². The number of nitrogens with zero attached hydrogens (tertiary/aromatic N) is 2. The van der Waals surface area contributed by atoms with Crippen molar-refractivity contribution in [1.29, 1.82) is 0 Å². The third kappa shape index (κ3) is 4.35. The molecule has 0 fully saturated rings. The molecule has 4 rings (SSSR count). The fraction of sp³-hybridized carbons (Fsp3) is 0.200. The van der Waals surface area contributed by atoms with E-state index in [1.165, 1.54) is 0 Å². The van der Waals surface area contributed by atoms with Gasteiger partial charge in [-0.1, -0.05) is 49.4 Å². The Morgan fingerprint density at radius 2 is 1.83 bits per heavy atom. The molecule has 0 spiro atoms. The van der Waals surface area contributed by atoms with Gasteiger partial charge in [0.15, 0.2) is 0 Å². The van der Waals surface area contributed by atoms with Gasteiger partial charge in [0.05, 0.1) is 11.0 Å². The number of carbonyl (C=O) groups excluding carboxylic acids is 1. The maximum Gasteiger partial charge on any atom is 0.244 e. The summed E-state index contributed by atoms with van der Waals surface area (Å²) in [5.74, 6) is 1.42. The van der Waals surface area contributed by atoms with Crippen LogP contribution in [0.2, 0.25) is 0 Å². The number of benzene rings is 3. The molecule has 0 bridgehead atoms. The van der Waals surface area contributed by atoms with E-state index >= 15 is 0 Å². The predicted octanol–water partition coefficient (Wildman–Crippen LogP) is 5.12. The molecule has 152 valence electrons. The van der Waals surface area contributed by atoms with Gasteiger partial charge in [-0.15, -0.1) is 0 Å². The van der Waals surface area contributed by atoms with Crippen molar-refractivity contribution in [3.63, 3.8) is 0 Å². The number of nitrogens with one attached hydrogen (secondary N) is 1.